The molecule has 148 valence electrons. The molecule has 4 aliphatic rings. The van der Waals surface area contributed by atoms with Gasteiger partial charge in [-0.1, -0.05) is 20.8 Å². The number of rotatable bonds is 3. The van der Waals surface area contributed by atoms with Gasteiger partial charge in [0.25, 0.3) is 0 Å². The predicted molar refractivity (Wildman–Crippen MR) is 102 cm³/mol. The molecule has 4 bridgehead atoms. The summed E-state index contributed by atoms with van der Waals surface area (Å²) in [6.07, 6.45) is 6.41. The molecular formula is C21H36N2O3. The summed E-state index contributed by atoms with van der Waals surface area (Å²) in [7, 11) is 0. The first-order valence-corrected chi connectivity index (χ1v) is 10.1. The van der Waals surface area contributed by atoms with Crippen molar-refractivity contribution < 1.29 is 14.3 Å². The largest absolute Gasteiger partial charge is 0.444 e. The van der Waals surface area contributed by atoms with E-state index in [1.807, 2.05) is 20.8 Å². The average molecular weight is 365 g/mol. The van der Waals surface area contributed by atoms with Crippen LogP contribution in [0.25, 0.3) is 0 Å². The van der Waals surface area contributed by atoms with Crippen molar-refractivity contribution in [1.29, 1.82) is 0 Å². The number of carbonyl (C=O) groups excluding carboxylic acids is 2. The Morgan fingerprint density at radius 1 is 0.923 bits per heavy atom. The van der Waals surface area contributed by atoms with E-state index in [2.05, 4.69) is 31.4 Å². The zero-order chi connectivity index (χ0) is 19.4. The van der Waals surface area contributed by atoms with E-state index in [0.717, 1.165) is 32.1 Å². The Morgan fingerprint density at radius 2 is 1.42 bits per heavy atom. The van der Waals surface area contributed by atoms with Crippen LogP contribution in [0.4, 0.5) is 4.79 Å². The molecule has 4 fully saturated rings. The summed E-state index contributed by atoms with van der Waals surface area (Å²) >= 11 is 0. The summed E-state index contributed by atoms with van der Waals surface area (Å²) in [4.78, 5) is 25.1. The second-order valence-corrected chi connectivity index (χ2v) is 11.4. The van der Waals surface area contributed by atoms with E-state index in [1.165, 1.54) is 6.42 Å². The molecule has 4 rings (SSSR count). The first kappa shape index (κ1) is 19.5. The fourth-order valence-electron chi connectivity index (χ4n) is 5.90. The van der Waals surface area contributed by atoms with Crippen molar-refractivity contribution in [2.75, 3.05) is 0 Å². The second kappa shape index (κ2) is 6.13. The quantitative estimate of drug-likeness (QED) is 0.790. The van der Waals surface area contributed by atoms with Gasteiger partial charge in [-0.05, 0) is 76.5 Å². The fourth-order valence-corrected chi connectivity index (χ4v) is 5.90. The molecule has 5 heteroatoms. The van der Waals surface area contributed by atoms with E-state index >= 15 is 0 Å². The molecule has 0 heterocycles. The van der Waals surface area contributed by atoms with Gasteiger partial charge < -0.3 is 15.4 Å². The minimum atomic E-state index is -0.495. The summed E-state index contributed by atoms with van der Waals surface area (Å²) < 4.78 is 5.52. The lowest BCUT2D eigenvalue weighted by Crippen LogP contribution is -2.70. The Morgan fingerprint density at radius 3 is 1.88 bits per heavy atom. The lowest BCUT2D eigenvalue weighted by atomic mass is 9.50. The van der Waals surface area contributed by atoms with E-state index in [-0.39, 0.29) is 28.5 Å². The SMILES string of the molecule is CC(C)(C)CC(=O)NC12C[C@H]3C[C@@H](C1)CC(NC(=O)OC(C)(C)C)(C3)C2. The number of ether oxygens (including phenoxy) is 1. The summed E-state index contributed by atoms with van der Waals surface area (Å²) in [6.45, 7) is 12.0. The first-order valence-electron chi connectivity index (χ1n) is 10.1. The fraction of sp³-hybridized carbons (Fsp3) is 0.905. The molecule has 2 N–H and O–H groups in total. The van der Waals surface area contributed by atoms with Crippen LogP contribution in [0.3, 0.4) is 0 Å². The highest BCUT2D eigenvalue weighted by Crippen LogP contribution is 2.57. The van der Waals surface area contributed by atoms with Crippen LogP contribution in [0.15, 0.2) is 0 Å². The highest BCUT2D eigenvalue weighted by atomic mass is 16.6. The van der Waals surface area contributed by atoms with E-state index < -0.39 is 5.60 Å². The van der Waals surface area contributed by atoms with Gasteiger partial charge in [-0.2, -0.15) is 0 Å². The minimum absolute atomic E-state index is 0.0151. The third-order valence-corrected chi connectivity index (χ3v) is 5.92. The van der Waals surface area contributed by atoms with Crippen LogP contribution in [0, 0.1) is 17.3 Å². The zero-order valence-corrected chi connectivity index (χ0v) is 17.3. The molecule has 4 atom stereocenters. The molecule has 5 nitrogen and oxygen atoms in total. The van der Waals surface area contributed by atoms with Crippen LogP contribution < -0.4 is 10.6 Å². The van der Waals surface area contributed by atoms with E-state index in [1.54, 1.807) is 0 Å². The van der Waals surface area contributed by atoms with Crippen molar-refractivity contribution in [3.05, 3.63) is 0 Å². The zero-order valence-electron chi connectivity index (χ0n) is 17.3. The summed E-state index contributed by atoms with van der Waals surface area (Å²) in [5, 5.41) is 6.61. The number of amides is 2. The maximum Gasteiger partial charge on any atom is 0.408 e. The normalized spacial score (nSPS) is 35.9. The highest BCUT2D eigenvalue weighted by molar-refractivity contribution is 5.77. The molecule has 4 aliphatic carbocycles. The smallest absolute Gasteiger partial charge is 0.408 e. The third kappa shape index (κ3) is 4.52. The Labute approximate surface area is 158 Å². The van der Waals surface area contributed by atoms with Gasteiger partial charge in [0.15, 0.2) is 0 Å². The molecule has 0 aromatic heterocycles. The third-order valence-electron chi connectivity index (χ3n) is 5.92. The van der Waals surface area contributed by atoms with Crippen LogP contribution in [0.2, 0.25) is 0 Å². The Balaban J connectivity index is 1.72. The monoisotopic (exact) mass is 364 g/mol. The van der Waals surface area contributed by atoms with Crippen LogP contribution in [0.5, 0.6) is 0 Å². The average Bonchev–Trinajstić information content (AvgIpc) is 2.28. The molecule has 0 aromatic rings. The predicted octanol–water partition coefficient (Wildman–Crippen LogP) is 4.15. The lowest BCUT2D eigenvalue weighted by molar-refractivity contribution is -0.129. The number of hydrogen-bond acceptors (Lipinski definition) is 3. The van der Waals surface area contributed by atoms with Gasteiger partial charge in [0.1, 0.15) is 5.60 Å². The van der Waals surface area contributed by atoms with Crippen molar-refractivity contribution >= 4 is 12.0 Å². The standard InChI is InChI=1S/C21H36N2O3/c1-18(2,3)12-16(24)22-20-8-14-7-15(9-20)11-21(10-14,13-20)23-17(25)26-19(4,5)6/h14-15H,7-13H2,1-6H3,(H,22,24)(H,23,25)/t14-,15+,20?,21?. The van der Waals surface area contributed by atoms with Crippen molar-refractivity contribution in [3.8, 4) is 0 Å². The molecule has 2 unspecified atom stereocenters. The van der Waals surface area contributed by atoms with Gasteiger partial charge in [0, 0.05) is 17.5 Å². The number of alkyl carbamates (subject to hydrolysis) is 1. The first-order chi connectivity index (χ1) is 11.8. The Bertz CT molecular complexity index is 523. The van der Waals surface area contributed by atoms with Gasteiger partial charge in [0.05, 0.1) is 0 Å². The van der Waals surface area contributed by atoms with Crippen molar-refractivity contribution in [2.45, 2.75) is 103 Å². The molecule has 26 heavy (non-hydrogen) atoms. The number of nitrogens with one attached hydrogen (secondary N) is 2. The molecule has 2 amide bonds. The molecule has 0 aliphatic heterocycles. The van der Waals surface area contributed by atoms with E-state index in [4.69, 9.17) is 4.74 Å². The molecule has 0 spiro atoms. The number of carbonyl (C=O) groups is 2. The van der Waals surface area contributed by atoms with Crippen LogP contribution in [-0.2, 0) is 9.53 Å². The molecule has 0 saturated heterocycles. The topological polar surface area (TPSA) is 67.4 Å². The van der Waals surface area contributed by atoms with Crippen LogP contribution >= 0.6 is 0 Å². The number of hydrogen-bond donors (Lipinski definition) is 2. The van der Waals surface area contributed by atoms with Crippen molar-refractivity contribution in [1.82, 2.24) is 10.6 Å². The summed E-state index contributed by atoms with van der Waals surface area (Å²) in [5.74, 6) is 1.31. The minimum Gasteiger partial charge on any atom is -0.444 e. The lowest BCUT2D eigenvalue weighted by Gasteiger charge is -2.62. The summed E-state index contributed by atoms with van der Waals surface area (Å²) in [6, 6.07) is 0. The van der Waals surface area contributed by atoms with Crippen molar-refractivity contribution in [2.24, 2.45) is 17.3 Å². The Hall–Kier alpha value is -1.26. The van der Waals surface area contributed by atoms with Gasteiger partial charge in [0.2, 0.25) is 5.91 Å². The highest BCUT2D eigenvalue weighted by Gasteiger charge is 2.59. The summed E-state index contributed by atoms with van der Waals surface area (Å²) in [5.41, 5.74) is -0.882. The maximum absolute atomic E-state index is 12.6. The van der Waals surface area contributed by atoms with Gasteiger partial charge in [-0.3, -0.25) is 4.79 Å². The van der Waals surface area contributed by atoms with E-state index in [0.29, 0.717) is 18.3 Å². The molecule has 4 saturated carbocycles. The maximum atomic E-state index is 12.6. The van der Waals surface area contributed by atoms with Gasteiger partial charge in [-0.15, -0.1) is 0 Å². The van der Waals surface area contributed by atoms with Gasteiger partial charge >= 0.3 is 6.09 Å². The second-order valence-electron chi connectivity index (χ2n) is 11.4. The van der Waals surface area contributed by atoms with Crippen LogP contribution in [-0.4, -0.2) is 28.7 Å². The Kier molecular flexibility index (Phi) is 4.60. The van der Waals surface area contributed by atoms with E-state index in [9.17, 15) is 9.59 Å². The molecule has 0 aromatic carbocycles. The molecular weight excluding hydrogens is 328 g/mol. The van der Waals surface area contributed by atoms with Crippen LogP contribution in [0.1, 0.15) is 86.5 Å². The van der Waals surface area contributed by atoms with Crippen molar-refractivity contribution in [3.63, 3.8) is 0 Å². The molecule has 0 radical (unpaired) electrons. The van der Waals surface area contributed by atoms with Gasteiger partial charge in [-0.25, -0.2) is 4.79 Å².